The quantitative estimate of drug-likeness (QED) is 0.456. The fraction of sp³-hybridized carbons (Fsp3) is 0.462. The predicted molar refractivity (Wildman–Crippen MR) is 67.8 cm³/mol. The number of hydrogen-bond acceptors (Lipinski definition) is 7. The Kier molecular flexibility index (Phi) is 4.76. The summed E-state index contributed by atoms with van der Waals surface area (Å²) < 4.78 is 10.4. The summed E-state index contributed by atoms with van der Waals surface area (Å²) in [7, 11) is 0. The van der Waals surface area contributed by atoms with Gasteiger partial charge in [-0.3, -0.25) is 0 Å². The van der Waals surface area contributed by atoms with Crippen molar-refractivity contribution in [3.05, 3.63) is 29.8 Å². The lowest BCUT2D eigenvalue weighted by Crippen LogP contribution is -2.60. The summed E-state index contributed by atoms with van der Waals surface area (Å²) in [6.07, 6.45) is -7.21. The molecule has 1 aromatic carbocycles. The van der Waals surface area contributed by atoms with Gasteiger partial charge in [0.2, 0.25) is 6.29 Å². The number of rotatable bonds is 4. The molecule has 1 aromatic rings. The van der Waals surface area contributed by atoms with Crippen molar-refractivity contribution in [1.82, 2.24) is 0 Å². The van der Waals surface area contributed by atoms with Gasteiger partial charge < -0.3 is 35.0 Å². The third kappa shape index (κ3) is 3.14. The molecular weight excluding hydrogens is 284 g/mol. The summed E-state index contributed by atoms with van der Waals surface area (Å²) in [5, 5.41) is 47.2. The fourth-order valence-electron chi connectivity index (χ4n) is 2.04. The molecule has 0 saturated carbocycles. The molecule has 0 aromatic heterocycles. The SMILES string of the molecule is O=C(O)c1ccccc1O[C@@H]1O[C@H](CO)[C@@H](O)[C@H](O)[C@H]1O. The lowest BCUT2D eigenvalue weighted by Gasteiger charge is -2.39. The zero-order valence-electron chi connectivity index (χ0n) is 10.9. The Morgan fingerprint density at radius 2 is 1.81 bits per heavy atom. The van der Waals surface area contributed by atoms with Crippen LogP contribution in [0.1, 0.15) is 10.4 Å². The topological polar surface area (TPSA) is 137 Å². The van der Waals surface area contributed by atoms with Crippen LogP contribution in [0, 0.1) is 0 Å². The Balaban J connectivity index is 2.20. The minimum atomic E-state index is -1.59. The third-order valence-electron chi connectivity index (χ3n) is 3.21. The normalized spacial score (nSPS) is 32.7. The average Bonchev–Trinajstić information content (AvgIpc) is 2.48. The number of aromatic carboxylic acids is 1. The average molecular weight is 300 g/mol. The van der Waals surface area contributed by atoms with Crippen LogP contribution in [-0.4, -0.2) is 68.8 Å². The molecular formula is C13H16O8. The number of para-hydroxylation sites is 1. The van der Waals surface area contributed by atoms with Gasteiger partial charge in [0, 0.05) is 0 Å². The van der Waals surface area contributed by atoms with Crippen LogP contribution in [0.3, 0.4) is 0 Å². The second kappa shape index (κ2) is 6.37. The molecule has 21 heavy (non-hydrogen) atoms. The number of ether oxygens (including phenoxy) is 2. The van der Waals surface area contributed by atoms with Gasteiger partial charge in [-0.1, -0.05) is 12.1 Å². The summed E-state index contributed by atoms with van der Waals surface area (Å²) in [5.41, 5.74) is -0.144. The largest absolute Gasteiger partial charge is 0.478 e. The Bertz CT molecular complexity index is 503. The van der Waals surface area contributed by atoms with E-state index >= 15 is 0 Å². The van der Waals surface area contributed by atoms with Gasteiger partial charge in [0.1, 0.15) is 35.7 Å². The van der Waals surface area contributed by atoms with E-state index in [0.29, 0.717) is 0 Å². The standard InChI is InChI=1S/C13H16O8/c14-5-8-9(15)10(16)11(17)13(21-8)20-7-4-2-1-3-6(7)12(18)19/h1-4,8-11,13-17H,5H2,(H,18,19)/t8-,9-,10+,11-,13-/m1/s1. The maximum atomic E-state index is 11.1. The highest BCUT2D eigenvalue weighted by atomic mass is 16.7. The Labute approximate surface area is 119 Å². The zero-order valence-corrected chi connectivity index (χ0v) is 10.9. The van der Waals surface area contributed by atoms with Crippen molar-refractivity contribution >= 4 is 5.97 Å². The van der Waals surface area contributed by atoms with Crippen LogP contribution < -0.4 is 4.74 Å². The van der Waals surface area contributed by atoms with Gasteiger partial charge in [-0.2, -0.15) is 0 Å². The monoisotopic (exact) mass is 300 g/mol. The molecule has 116 valence electrons. The predicted octanol–water partition coefficient (Wildman–Crippen LogP) is -1.44. The number of aliphatic hydroxyl groups is 4. The molecule has 0 unspecified atom stereocenters. The van der Waals surface area contributed by atoms with Crippen LogP contribution in [0.2, 0.25) is 0 Å². The molecule has 1 fully saturated rings. The zero-order chi connectivity index (χ0) is 15.6. The minimum Gasteiger partial charge on any atom is -0.478 e. The summed E-state index contributed by atoms with van der Waals surface area (Å²) in [5.74, 6) is -1.29. The molecule has 0 aliphatic carbocycles. The summed E-state index contributed by atoms with van der Waals surface area (Å²) in [6.45, 7) is -0.592. The van der Waals surface area contributed by atoms with Crippen molar-refractivity contribution in [2.24, 2.45) is 0 Å². The van der Waals surface area contributed by atoms with E-state index in [1.165, 1.54) is 24.3 Å². The van der Waals surface area contributed by atoms with Crippen molar-refractivity contribution in [2.75, 3.05) is 6.61 Å². The first-order valence-corrected chi connectivity index (χ1v) is 6.25. The summed E-state index contributed by atoms with van der Waals surface area (Å²) in [4.78, 5) is 11.1. The van der Waals surface area contributed by atoms with E-state index in [2.05, 4.69) is 0 Å². The first kappa shape index (κ1) is 15.7. The van der Waals surface area contributed by atoms with Gasteiger partial charge in [-0.15, -0.1) is 0 Å². The maximum absolute atomic E-state index is 11.1. The first-order valence-electron chi connectivity index (χ1n) is 6.25. The number of benzene rings is 1. The fourth-order valence-corrected chi connectivity index (χ4v) is 2.04. The van der Waals surface area contributed by atoms with Crippen LogP contribution >= 0.6 is 0 Å². The number of hydrogen-bond donors (Lipinski definition) is 5. The molecule has 5 N–H and O–H groups in total. The molecule has 0 amide bonds. The van der Waals surface area contributed by atoms with Gasteiger partial charge in [-0.05, 0) is 12.1 Å². The highest BCUT2D eigenvalue weighted by Gasteiger charge is 2.44. The van der Waals surface area contributed by atoms with Crippen molar-refractivity contribution < 1.29 is 39.8 Å². The maximum Gasteiger partial charge on any atom is 0.339 e. The second-order valence-electron chi connectivity index (χ2n) is 4.62. The second-order valence-corrected chi connectivity index (χ2v) is 4.62. The molecule has 8 nitrogen and oxygen atoms in total. The molecule has 0 bridgehead atoms. The van der Waals surface area contributed by atoms with Crippen molar-refractivity contribution in [3.8, 4) is 5.75 Å². The van der Waals surface area contributed by atoms with E-state index in [4.69, 9.17) is 19.7 Å². The molecule has 0 spiro atoms. The minimum absolute atomic E-state index is 0.0608. The van der Waals surface area contributed by atoms with E-state index in [0.717, 1.165) is 0 Å². The van der Waals surface area contributed by atoms with Gasteiger partial charge in [-0.25, -0.2) is 4.79 Å². The van der Waals surface area contributed by atoms with Gasteiger partial charge >= 0.3 is 5.97 Å². The summed E-state index contributed by atoms with van der Waals surface area (Å²) >= 11 is 0. The van der Waals surface area contributed by atoms with Gasteiger partial charge in [0.05, 0.1) is 6.61 Å². The Morgan fingerprint density at radius 1 is 1.14 bits per heavy atom. The highest BCUT2D eigenvalue weighted by Crippen LogP contribution is 2.26. The van der Waals surface area contributed by atoms with E-state index in [-0.39, 0.29) is 11.3 Å². The lowest BCUT2D eigenvalue weighted by molar-refractivity contribution is -0.277. The molecule has 1 aliphatic rings. The molecule has 8 heteroatoms. The number of aliphatic hydroxyl groups excluding tert-OH is 4. The molecule has 1 aliphatic heterocycles. The van der Waals surface area contributed by atoms with Crippen LogP contribution in [-0.2, 0) is 4.74 Å². The van der Waals surface area contributed by atoms with E-state index in [9.17, 15) is 20.1 Å². The van der Waals surface area contributed by atoms with Crippen molar-refractivity contribution in [2.45, 2.75) is 30.7 Å². The number of carboxylic acids is 1. The van der Waals surface area contributed by atoms with Gasteiger partial charge in [0.15, 0.2) is 0 Å². The number of carboxylic acid groups (broad SMARTS) is 1. The smallest absolute Gasteiger partial charge is 0.339 e. The van der Waals surface area contributed by atoms with Crippen LogP contribution in [0.4, 0.5) is 0 Å². The Hall–Kier alpha value is -1.71. The highest BCUT2D eigenvalue weighted by molar-refractivity contribution is 5.90. The number of carbonyl (C=O) groups is 1. The summed E-state index contributed by atoms with van der Waals surface area (Å²) in [6, 6.07) is 5.71. The van der Waals surface area contributed by atoms with Crippen molar-refractivity contribution in [1.29, 1.82) is 0 Å². The molecule has 1 heterocycles. The van der Waals surface area contributed by atoms with E-state index in [1.807, 2.05) is 0 Å². The molecule has 2 rings (SSSR count). The third-order valence-corrected chi connectivity index (χ3v) is 3.21. The van der Waals surface area contributed by atoms with Crippen molar-refractivity contribution in [3.63, 3.8) is 0 Å². The molecule has 0 radical (unpaired) electrons. The van der Waals surface area contributed by atoms with Crippen LogP contribution in [0.25, 0.3) is 0 Å². The van der Waals surface area contributed by atoms with Crippen LogP contribution in [0.5, 0.6) is 5.75 Å². The molecule has 1 saturated heterocycles. The lowest BCUT2D eigenvalue weighted by atomic mass is 9.99. The molecule has 5 atom stereocenters. The van der Waals surface area contributed by atoms with E-state index < -0.39 is 43.3 Å². The van der Waals surface area contributed by atoms with Gasteiger partial charge in [0.25, 0.3) is 0 Å². The van der Waals surface area contributed by atoms with Crippen LogP contribution in [0.15, 0.2) is 24.3 Å². The first-order chi connectivity index (χ1) is 9.95. The van der Waals surface area contributed by atoms with E-state index in [1.54, 1.807) is 0 Å². The Morgan fingerprint density at radius 3 is 2.43 bits per heavy atom.